The van der Waals surface area contributed by atoms with Crippen molar-refractivity contribution in [1.82, 2.24) is 9.55 Å². The second-order valence-corrected chi connectivity index (χ2v) is 3.90. The lowest BCUT2D eigenvalue weighted by atomic mass is 10.4. The van der Waals surface area contributed by atoms with E-state index in [1.54, 1.807) is 0 Å². The molecular formula is C8H11IN2O3. The van der Waals surface area contributed by atoms with Crippen LogP contribution in [0.2, 0.25) is 0 Å². The summed E-state index contributed by atoms with van der Waals surface area (Å²) in [6.07, 6.45) is 1.84. The number of halogens is 1. The van der Waals surface area contributed by atoms with Gasteiger partial charge < -0.3 is 4.74 Å². The van der Waals surface area contributed by atoms with Gasteiger partial charge in [0, 0.05) is 13.3 Å². The van der Waals surface area contributed by atoms with E-state index in [1.807, 2.05) is 29.5 Å². The van der Waals surface area contributed by atoms with Gasteiger partial charge in [-0.05, 0) is 29.0 Å². The first-order valence-corrected chi connectivity index (χ1v) is 5.21. The number of ether oxygens (including phenoxy) is 1. The Morgan fingerprint density at radius 1 is 1.64 bits per heavy atom. The van der Waals surface area contributed by atoms with Crippen LogP contribution >= 0.6 is 22.6 Å². The highest BCUT2D eigenvalue weighted by Crippen LogP contribution is 2.08. The SMILES string of the molecule is CC[C@@H](OC)n1cc(I)c(=O)[nH]c1=O. The summed E-state index contributed by atoms with van der Waals surface area (Å²) in [5.74, 6) is 0. The van der Waals surface area contributed by atoms with Crippen LogP contribution in [0.3, 0.4) is 0 Å². The predicted molar refractivity (Wildman–Crippen MR) is 60.4 cm³/mol. The van der Waals surface area contributed by atoms with E-state index in [9.17, 15) is 9.59 Å². The zero-order chi connectivity index (χ0) is 10.7. The van der Waals surface area contributed by atoms with Gasteiger partial charge in [-0.3, -0.25) is 14.3 Å². The lowest BCUT2D eigenvalue weighted by molar-refractivity contribution is 0.0368. The molecule has 0 fully saturated rings. The predicted octanol–water partition coefficient (Wildman–Crippen LogP) is 0.696. The molecule has 0 aliphatic heterocycles. The molecule has 0 unspecified atom stereocenters. The molecule has 0 radical (unpaired) electrons. The van der Waals surface area contributed by atoms with Crippen LogP contribution in [0.15, 0.2) is 15.8 Å². The number of rotatable bonds is 3. The fraction of sp³-hybridized carbons (Fsp3) is 0.500. The van der Waals surface area contributed by atoms with Crippen LogP contribution in [0.4, 0.5) is 0 Å². The Balaban J connectivity index is 3.28. The topological polar surface area (TPSA) is 64.1 Å². The number of nitrogens with zero attached hydrogens (tertiary/aromatic N) is 1. The van der Waals surface area contributed by atoms with Crippen molar-refractivity contribution in [3.8, 4) is 0 Å². The Labute approximate surface area is 94.2 Å². The molecule has 0 amide bonds. The van der Waals surface area contributed by atoms with Gasteiger partial charge in [0.05, 0.1) is 3.57 Å². The minimum Gasteiger partial charge on any atom is -0.361 e. The lowest BCUT2D eigenvalue weighted by Gasteiger charge is -2.15. The van der Waals surface area contributed by atoms with E-state index in [2.05, 4.69) is 4.98 Å². The summed E-state index contributed by atoms with van der Waals surface area (Å²) >= 11 is 1.87. The van der Waals surface area contributed by atoms with Crippen LogP contribution in [-0.4, -0.2) is 16.7 Å². The Morgan fingerprint density at radius 3 is 2.79 bits per heavy atom. The number of nitrogens with one attached hydrogen (secondary N) is 1. The van der Waals surface area contributed by atoms with Crippen LogP contribution in [-0.2, 0) is 4.74 Å². The highest BCUT2D eigenvalue weighted by Gasteiger charge is 2.10. The van der Waals surface area contributed by atoms with Crippen molar-refractivity contribution in [2.75, 3.05) is 7.11 Å². The first kappa shape index (κ1) is 11.4. The van der Waals surface area contributed by atoms with E-state index in [0.29, 0.717) is 9.99 Å². The number of H-pyrrole nitrogens is 1. The van der Waals surface area contributed by atoms with Crippen LogP contribution in [0.25, 0.3) is 0 Å². The third-order valence-electron chi connectivity index (χ3n) is 1.86. The molecule has 0 aromatic carbocycles. The molecule has 0 bridgehead atoms. The van der Waals surface area contributed by atoms with Gasteiger partial charge in [-0.2, -0.15) is 0 Å². The van der Waals surface area contributed by atoms with Gasteiger partial charge in [0.1, 0.15) is 6.23 Å². The highest BCUT2D eigenvalue weighted by molar-refractivity contribution is 14.1. The van der Waals surface area contributed by atoms with Gasteiger partial charge >= 0.3 is 5.69 Å². The van der Waals surface area contributed by atoms with Crippen molar-refractivity contribution in [1.29, 1.82) is 0 Å². The van der Waals surface area contributed by atoms with E-state index < -0.39 is 5.69 Å². The Hall–Kier alpha value is -0.630. The molecule has 78 valence electrons. The Kier molecular flexibility index (Phi) is 3.87. The maximum absolute atomic E-state index is 11.4. The third-order valence-corrected chi connectivity index (χ3v) is 2.62. The van der Waals surface area contributed by atoms with E-state index in [1.165, 1.54) is 17.9 Å². The van der Waals surface area contributed by atoms with Crippen molar-refractivity contribution in [2.24, 2.45) is 0 Å². The van der Waals surface area contributed by atoms with Gasteiger partial charge in [0.15, 0.2) is 0 Å². The molecule has 0 saturated heterocycles. The maximum Gasteiger partial charge on any atom is 0.330 e. The highest BCUT2D eigenvalue weighted by atomic mass is 127. The molecule has 0 aliphatic carbocycles. The maximum atomic E-state index is 11.4. The molecular weight excluding hydrogens is 299 g/mol. The van der Waals surface area contributed by atoms with Crippen LogP contribution < -0.4 is 11.2 Å². The number of aromatic nitrogens is 2. The Bertz CT molecular complexity index is 419. The van der Waals surface area contributed by atoms with Crippen molar-refractivity contribution in [3.05, 3.63) is 30.6 Å². The van der Waals surface area contributed by atoms with Gasteiger partial charge in [-0.1, -0.05) is 6.92 Å². The number of hydrogen-bond acceptors (Lipinski definition) is 3. The average Bonchev–Trinajstić information content (AvgIpc) is 2.15. The summed E-state index contributed by atoms with van der Waals surface area (Å²) in [6, 6.07) is 0. The molecule has 1 aromatic rings. The second kappa shape index (κ2) is 4.74. The third kappa shape index (κ3) is 2.24. The first-order valence-electron chi connectivity index (χ1n) is 4.14. The number of aromatic amines is 1. The molecule has 1 heterocycles. The molecule has 5 nitrogen and oxygen atoms in total. The molecule has 1 aromatic heterocycles. The fourth-order valence-electron chi connectivity index (χ4n) is 1.15. The molecule has 14 heavy (non-hydrogen) atoms. The van der Waals surface area contributed by atoms with Gasteiger partial charge in [0.2, 0.25) is 0 Å². The quantitative estimate of drug-likeness (QED) is 0.836. The zero-order valence-corrected chi connectivity index (χ0v) is 10.1. The normalized spacial score (nSPS) is 12.8. The largest absolute Gasteiger partial charge is 0.361 e. The lowest BCUT2D eigenvalue weighted by Crippen LogP contribution is -2.33. The van der Waals surface area contributed by atoms with Gasteiger partial charge in [0.25, 0.3) is 5.56 Å². The van der Waals surface area contributed by atoms with E-state index >= 15 is 0 Å². The summed E-state index contributed by atoms with van der Waals surface area (Å²) in [5.41, 5.74) is -0.804. The zero-order valence-electron chi connectivity index (χ0n) is 7.91. The molecule has 6 heteroatoms. The van der Waals surface area contributed by atoms with Crippen molar-refractivity contribution >= 4 is 22.6 Å². The van der Waals surface area contributed by atoms with E-state index in [4.69, 9.17) is 4.74 Å². The smallest absolute Gasteiger partial charge is 0.330 e. The number of hydrogen-bond donors (Lipinski definition) is 1. The van der Waals surface area contributed by atoms with Crippen molar-refractivity contribution in [2.45, 2.75) is 19.6 Å². The van der Waals surface area contributed by atoms with Crippen LogP contribution in [0.1, 0.15) is 19.6 Å². The summed E-state index contributed by atoms with van der Waals surface area (Å²) in [6.45, 7) is 1.90. The monoisotopic (exact) mass is 310 g/mol. The molecule has 1 rings (SSSR count). The summed E-state index contributed by atoms with van der Waals surface area (Å²) in [5, 5.41) is 0. The summed E-state index contributed by atoms with van der Waals surface area (Å²) < 4.78 is 6.95. The number of methoxy groups -OCH3 is 1. The molecule has 0 aliphatic rings. The fourth-order valence-corrected chi connectivity index (χ4v) is 1.59. The Morgan fingerprint density at radius 2 is 2.29 bits per heavy atom. The van der Waals surface area contributed by atoms with Crippen molar-refractivity contribution < 1.29 is 4.74 Å². The minimum atomic E-state index is -0.441. The second-order valence-electron chi connectivity index (χ2n) is 2.74. The molecule has 0 saturated carbocycles. The van der Waals surface area contributed by atoms with E-state index in [-0.39, 0.29) is 11.8 Å². The van der Waals surface area contributed by atoms with Crippen molar-refractivity contribution in [3.63, 3.8) is 0 Å². The van der Waals surface area contributed by atoms with Gasteiger partial charge in [-0.25, -0.2) is 4.79 Å². The van der Waals surface area contributed by atoms with Gasteiger partial charge in [-0.15, -0.1) is 0 Å². The van der Waals surface area contributed by atoms with Crippen LogP contribution in [0.5, 0.6) is 0 Å². The summed E-state index contributed by atoms with van der Waals surface area (Å²) in [7, 11) is 1.53. The molecule has 1 atom stereocenters. The first-order chi connectivity index (χ1) is 6.60. The standard InChI is InChI=1S/C8H11IN2O3/c1-3-6(14-2)11-4-5(9)7(12)10-8(11)13/h4,6H,3H2,1-2H3,(H,10,12,13)/t6-/m1/s1. The van der Waals surface area contributed by atoms with Crippen LogP contribution in [0, 0.1) is 3.57 Å². The molecule has 0 spiro atoms. The summed E-state index contributed by atoms with van der Waals surface area (Å²) in [4.78, 5) is 24.7. The average molecular weight is 310 g/mol. The minimum absolute atomic E-state index is 0.326. The molecule has 1 N–H and O–H groups in total. The van der Waals surface area contributed by atoms with E-state index in [0.717, 1.165) is 0 Å².